The van der Waals surface area contributed by atoms with Crippen LogP contribution >= 0.6 is 0 Å². The Hall–Kier alpha value is -3.16. The number of nitrogens with zero attached hydrogens (tertiary/aromatic N) is 2. The zero-order valence-corrected chi connectivity index (χ0v) is 13.7. The van der Waals surface area contributed by atoms with Crippen molar-refractivity contribution in [3.05, 3.63) is 29.3 Å². The molecule has 0 amide bonds. The quantitative estimate of drug-likeness (QED) is 0.397. The molecule has 1 aromatic heterocycles. The third kappa shape index (κ3) is 2.86. The van der Waals surface area contributed by atoms with E-state index in [1.807, 2.05) is 12.1 Å². The average molecular weight is 338 g/mol. The molecule has 0 spiro atoms. The number of hydrogen-bond acceptors (Lipinski definition) is 7. The van der Waals surface area contributed by atoms with Gasteiger partial charge in [0.2, 0.25) is 5.95 Å². The molecule has 2 aliphatic rings. The molecule has 0 atom stereocenters. The van der Waals surface area contributed by atoms with Gasteiger partial charge in [0.15, 0.2) is 12.0 Å². The molecule has 1 aliphatic heterocycles. The Morgan fingerprint density at radius 3 is 2.84 bits per heavy atom. The van der Waals surface area contributed by atoms with Gasteiger partial charge in [0.1, 0.15) is 17.2 Å². The van der Waals surface area contributed by atoms with Crippen LogP contribution in [0.25, 0.3) is 0 Å². The fourth-order valence-electron chi connectivity index (χ4n) is 2.94. The third-order valence-electron chi connectivity index (χ3n) is 4.57. The number of nitrogens with one attached hydrogen (secondary N) is 3. The van der Waals surface area contributed by atoms with Crippen LogP contribution in [0, 0.1) is 0 Å². The smallest absolute Gasteiger partial charge is 0.231 e. The largest absolute Gasteiger partial charge is 0.398 e. The summed E-state index contributed by atoms with van der Waals surface area (Å²) in [6.45, 7) is 0.251. The molecule has 1 aliphatic carbocycles. The van der Waals surface area contributed by atoms with Crippen molar-refractivity contribution in [1.29, 1.82) is 0 Å². The van der Waals surface area contributed by atoms with E-state index in [-0.39, 0.29) is 12.3 Å². The standard InChI is InChI=1S/C17H19N7O/c18-7-9-4-5-11(6-12(9)19)22-17-23-15-14(13(25)8-20-15)16(24-17)21-10-2-1-3-10/h4-7,10,18H,1-3,8,19H2,(H3,20,21,22,23,24)/p+1. The maximum Gasteiger partial charge on any atom is 0.231 e. The van der Waals surface area contributed by atoms with Crippen LogP contribution in [0.2, 0.25) is 0 Å². The first kappa shape index (κ1) is 15.4. The molecular formula is C17H20N7O+. The lowest BCUT2D eigenvalue weighted by Gasteiger charge is -2.27. The van der Waals surface area contributed by atoms with Crippen LogP contribution in [-0.2, 0) is 0 Å². The second-order valence-electron chi connectivity index (χ2n) is 6.30. The number of carbonyl (C=O) groups is 1. The monoisotopic (exact) mass is 338 g/mol. The highest BCUT2D eigenvalue weighted by Crippen LogP contribution is 2.32. The summed E-state index contributed by atoms with van der Waals surface area (Å²) >= 11 is 0. The van der Waals surface area contributed by atoms with Crippen molar-refractivity contribution in [1.82, 2.24) is 9.97 Å². The normalized spacial score (nSPS) is 15.9. The molecule has 8 nitrogen and oxygen atoms in total. The molecule has 1 aromatic carbocycles. The lowest BCUT2D eigenvalue weighted by molar-refractivity contribution is -0.104. The Labute approximate surface area is 144 Å². The number of benzene rings is 1. The zero-order valence-electron chi connectivity index (χ0n) is 13.7. The van der Waals surface area contributed by atoms with Gasteiger partial charge < -0.3 is 21.7 Å². The second-order valence-corrected chi connectivity index (χ2v) is 6.30. The van der Waals surface area contributed by atoms with Crippen LogP contribution in [0.4, 0.5) is 29.0 Å². The topological polar surface area (TPSA) is 131 Å². The minimum atomic E-state index is 0.00968. The van der Waals surface area contributed by atoms with Crippen molar-refractivity contribution >= 4 is 41.0 Å². The van der Waals surface area contributed by atoms with Gasteiger partial charge in [0.25, 0.3) is 0 Å². The minimum absolute atomic E-state index is 0.00968. The number of fused-ring (bicyclic) bond motifs is 1. The van der Waals surface area contributed by atoms with Crippen LogP contribution < -0.4 is 27.1 Å². The summed E-state index contributed by atoms with van der Waals surface area (Å²) in [7, 11) is 0. The van der Waals surface area contributed by atoms with Gasteiger partial charge in [0.05, 0.1) is 12.1 Å². The summed E-state index contributed by atoms with van der Waals surface area (Å²) < 4.78 is 0. The first-order valence-electron chi connectivity index (χ1n) is 8.31. The second kappa shape index (κ2) is 6.04. The molecule has 2 heterocycles. The number of hydrogen-bond donors (Lipinski definition) is 5. The van der Waals surface area contributed by atoms with Gasteiger partial charge in [-0.2, -0.15) is 9.97 Å². The number of nitrogens with two attached hydrogens (primary N) is 2. The molecule has 0 saturated heterocycles. The van der Waals surface area contributed by atoms with Crippen LogP contribution in [0.15, 0.2) is 18.2 Å². The van der Waals surface area contributed by atoms with Crippen LogP contribution in [0.5, 0.6) is 0 Å². The molecule has 1 fully saturated rings. The molecule has 0 bridgehead atoms. The fourth-order valence-corrected chi connectivity index (χ4v) is 2.94. The maximum atomic E-state index is 12.1. The van der Waals surface area contributed by atoms with E-state index in [0.717, 1.165) is 24.1 Å². The lowest BCUT2D eigenvalue weighted by Crippen LogP contribution is -2.30. The maximum absolute atomic E-state index is 12.1. The van der Waals surface area contributed by atoms with E-state index in [2.05, 4.69) is 25.9 Å². The van der Waals surface area contributed by atoms with E-state index in [9.17, 15) is 4.79 Å². The number of aromatic nitrogens is 2. The van der Waals surface area contributed by atoms with Crippen LogP contribution in [-0.4, -0.2) is 34.6 Å². The zero-order chi connectivity index (χ0) is 17.4. The summed E-state index contributed by atoms with van der Waals surface area (Å²) in [5.41, 5.74) is 8.58. The Morgan fingerprint density at radius 2 is 2.16 bits per heavy atom. The SMILES string of the molecule is Nc1cc(Nc2nc3c(c(NC4CCC4)n2)C(=O)CN3)ccc1C=[NH2+]. The molecule has 25 heavy (non-hydrogen) atoms. The van der Waals surface area contributed by atoms with Crippen molar-refractivity contribution in [2.75, 3.05) is 28.2 Å². The summed E-state index contributed by atoms with van der Waals surface area (Å²) in [6, 6.07) is 5.81. The number of nitrogen functional groups attached to an aromatic ring is 1. The molecule has 2 aromatic rings. The van der Waals surface area contributed by atoms with E-state index in [4.69, 9.17) is 11.1 Å². The van der Waals surface area contributed by atoms with Crippen molar-refractivity contribution < 1.29 is 10.2 Å². The predicted octanol–water partition coefficient (Wildman–Crippen LogP) is 0.553. The van der Waals surface area contributed by atoms with E-state index < -0.39 is 0 Å². The van der Waals surface area contributed by atoms with Crippen LogP contribution in [0.1, 0.15) is 35.2 Å². The van der Waals surface area contributed by atoms with E-state index in [1.54, 1.807) is 6.07 Å². The van der Waals surface area contributed by atoms with Crippen molar-refractivity contribution in [3.8, 4) is 0 Å². The number of rotatable bonds is 5. The Bertz CT molecular complexity index is 860. The van der Waals surface area contributed by atoms with Gasteiger partial charge in [-0.1, -0.05) is 0 Å². The molecule has 8 heteroatoms. The van der Waals surface area contributed by atoms with E-state index >= 15 is 0 Å². The van der Waals surface area contributed by atoms with Gasteiger partial charge in [0, 0.05) is 17.4 Å². The summed E-state index contributed by atoms with van der Waals surface area (Å²) in [5.74, 6) is 1.57. The molecule has 1 saturated carbocycles. The first-order valence-corrected chi connectivity index (χ1v) is 8.31. The average Bonchev–Trinajstić information content (AvgIpc) is 2.92. The van der Waals surface area contributed by atoms with Gasteiger partial charge in [-0.25, -0.2) is 0 Å². The van der Waals surface area contributed by atoms with Gasteiger partial charge in [-0.05, 0) is 37.5 Å². The van der Waals surface area contributed by atoms with Crippen molar-refractivity contribution in [3.63, 3.8) is 0 Å². The van der Waals surface area contributed by atoms with Crippen LogP contribution in [0.3, 0.4) is 0 Å². The summed E-state index contributed by atoms with van der Waals surface area (Å²) in [6.07, 6.45) is 4.85. The van der Waals surface area contributed by atoms with E-state index in [1.165, 1.54) is 12.6 Å². The predicted molar refractivity (Wildman–Crippen MR) is 97.3 cm³/mol. The Morgan fingerprint density at radius 1 is 1.32 bits per heavy atom. The minimum Gasteiger partial charge on any atom is -0.398 e. The number of Topliss-reactive ketones (excluding diaryl/α,β-unsaturated/α-hetero) is 1. The van der Waals surface area contributed by atoms with Gasteiger partial charge in [-0.3, -0.25) is 10.2 Å². The highest BCUT2D eigenvalue weighted by atomic mass is 16.1. The van der Waals surface area contributed by atoms with Crippen molar-refractivity contribution in [2.45, 2.75) is 25.3 Å². The molecule has 0 unspecified atom stereocenters. The van der Waals surface area contributed by atoms with Crippen molar-refractivity contribution in [2.24, 2.45) is 0 Å². The summed E-state index contributed by atoms with van der Waals surface area (Å²) in [4.78, 5) is 21.1. The molecule has 4 rings (SSSR count). The first-order chi connectivity index (χ1) is 12.1. The fraction of sp³-hybridized carbons (Fsp3) is 0.294. The molecule has 128 valence electrons. The molecule has 0 radical (unpaired) electrons. The van der Waals surface area contributed by atoms with Gasteiger partial charge >= 0.3 is 0 Å². The molecular weight excluding hydrogens is 318 g/mol. The highest BCUT2D eigenvalue weighted by Gasteiger charge is 2.29. The Balaban J connectivity index is 1.65. The number of ketones is 1. The van der Waals surface area contributed by atoms with Gasteiger partial charge in [-0.15, -0.1) is 0 Å². The third-order valence-corrected chi connectivity index (χ3v) is 4.57. The summed E-state index contributed by atoms with van der Waals surface area (Å²) in [5, 5.41) is 15.1. The number of carbonyl (C=O) groups excluding carboxylic acids is 1. The molecule has 7 N–H and O–H groups in total. The van der Waals surface area contributed by atoms with E-state index in [0.29, 0.717) is 34.9 Å². The Kier molecular flexibility index (Phi) is 3.72. The number of anilines is 5. The highest BCUT2D eigenvalue weighted by molar-refractivity contribution is 6.11. The lowest BCUT2D eigenvalue weighted by atomic mass is 9.93.